The van der Waals surface area contributed by atoms with E-state index >= 15 is 0 Å². The Labute approximate surface area is 237 Å². The highest BCUT2D eigenvalue weighted by Crippen LogP contribution is 2.29. The molecule has 3 saturated heterocycles. The van der Waals surface area contributed by atoms with Crippen molar-refractivity contribution in [2.45, 2.75) is 31.5 Å². The Balaban J connectivity index is 0.000000348. The lowest BCUT2D eigenvalue weighted by Crippen LogP contribution is -2.38. The fraction of sp³-hybridized carbons (Fsp3) is 0.485. The molecule has 214 valence electrons. The summed E-state index contributed by atoms with van der Waals surface area (Å²) < 4.78 is 28.3. The number of rotatable bonds is 6. The number of methoxy groups -OCH3 is 1. The van der Waals surface area contributed by atoms with Crippen LogP contribution in [0.25, 0.3) is 10.8 Å². The van der Waals surface area contributed by atoms with E-state index < -0.39 is 6.17 Å². The van der Waals surface area contributed by atoms with Crippen molar-refractivity contribution in [1.29, 1.82) is 0 Å². The quantitative estimate of drug-likeness (QED) is 0.483. The molecule has 3 fully saturated rings. The van der Waals surface area contributed by atoms with Crippen LogP contribution < -0.4 is 0 Å². The molecular formula is C33H41FN2O4. The minimum Gasteiger partial charge on any atom is -0.382 e. The molecule has 4 aliphatic rings. The Bertz CT molecular complexity index is 1210. The molecule has 1 amide bonds. The molecule has 6 nitrogen and oxygen atoms in total. The number of carbonyl (C=O) groups is 1. The predicted molar refractivity (Wildman–Crippen MR) is 156 cm³/mol. The van der Waals surface area contributed by atoms with Crippen molar-refractivity contribution < 1.29 is 23.4 Å². The van der Waals surface area contributed by atoms with E-state index in [1.54, 1.807) is 19.3 Å². The molecule has 3 aliphatic heterocycles. The lowest BCUT2D eigenvalue weighted by molar-refractivity contribution is 0.0177. The molecule has 0 spiro atoms. The summed E-state index contributed by atoms with van der Waals surface area (Å²) in [6, 6.07) is 14.1. The summed E-state index contributed by atoms with van der Waals surface area (Å²) in [6.45, 7) is 6.64. The van der Waals surface area contributed by atoms with Crippen LogP contribution in [0.4, 0.5) is 4.39 Å². The van der Waals surface area contributed by atoms with Crippen molar-refractivity contribution in [3.63, 3.8) is 0 Å². The Hall–Kier alpha value is -2.84. The molecule has 2 unspecified atom stereocenters. The zero-order valence-electron chi connectivity index (χ0n) is 23.4. The van der Waals surface area contributed by atoms with Crippen LogP contribution in [0.3, 0.4) is 0 Å². The van der Waals surface area contributed by atoms with Gasteiger partial charge in [-0.05, 0) is 78.8 Å². The molecule has 0 bridgehead atoms. The third kappa shape index (κ3) is 7.46. The van der Waals surface area contributed by atoms with Gasteiger partial charge < -0.3 is 24.0 Å². The van der Waals surface area contributed by atoms with E-state index in [0.29, 0.717) is 31.8 Å². The van der Waals surface area contributed by atoms with Gasteiger partial charge in [-0.2, -0.15) is 0 Å². The van der Waals surface area contributed by atoms with Crippen molar-refractivity contribution in [3.05, 3.63) is 84.0 Å². The number of fused-ring (bicyclic) bond motifs is 1. The number of likely N-dealkylation sites (tertiary alicyclic amines) is 2. The average molecular weight is 549 g/mol. The van der Waals surface area contributed by atoms with Crippen LogP contribution in [0.2, 0.25) is 0 Å². The van der Waals surface area contributed by atoms with E-state index in [0.717, 1.165) is 68.3 Å². The molecular weight excluding hydrogens is 507 g/mol. The lowest BCUT2D eigenvalue weighted by Gasteiger charge is -2.34. The van der Waals surface area contributed by atoms with Gasteiger partial charge in [0.25, 0.3) is 5.91 Å². The van der Waals surface area contributed by atoms with E-state index in [1.165, 1.54) is 5.57 Å². The Morgan fingerprint density at radius 3 is 2.67 bits per heavy atom. The van der Waals surface area contributed by atoms with Crippen molar-refractivity contribution in [3.8, 4) is 0 Å². The van der Waals surface area contributed by atoms with Gasteiger partial charge in [0.1, 0.15) is 19.1 Å². The van der Waals surface area contributed by atoms with Crippen LogP contribution in [0.5, 0.6) is 0 Å². The molecule has 7 heteroatoms. The Morgan fingerprint density at radius 2 is 1.88 bits per heavy atom. The normalized spacial score (nSPS) is 25.5. The van der Waals surface area contributed by atoms with Crippen LogP contribution in [0.15, 0.2) is 78.4 Å². The van der Waals surface area contributed by atoms with Gasteiger partial charge in [0, 0.05) is 32.3 Å². The number of amides is 1. The van der Waals surface area contributed by atoms with Gasteiger partial charge >= 0.3 is 0 Å². The first-order chi connectivity index (χ1) is 19.6. The lowest BCUT2D eigenvalue weighted by atomic mass is 9.88. The van der Waals surface area contributed by atoms with Gasteiger partial charge in [-0.25, -0.2) is 4.39 Å². The second kappa shape index (κ2) is 14.2. The molecule has 1 aliphatic carbocycles. The minimum atomic E-state index is -0.967. The number of piperidine rings is 1. The highest BCUT2D eigenvalue weighted by molar-refractivity contribution is 6.07. The highest BCUT2D eigenvalue weighted by atomic mass is 19.1. The van der Waals surface area contributed by atoms with Gasteiger partial charge in [-0.15, -0.1) is 0 Å². The summed E-state index contributed by atoms with van der Waals surface area (Å²) in [5.41, 5.74) is 2.08. The number of hydrogen-bond donors (Lipinski definition) is 0. The third-order valence-electron chi connectivity index (χ3n) is 8.27. The summed E-state index contributed by atoms with van der Waals surface area (Å²) in [7, 11) is 1.65. The first-order valence-corrected chi connectivity index (χ1v) is 14.5. The number of halogens is 1. The van der Waals surface area contributed by atoms with E-state index in [4.69, 9.17) is 14.2 Å². The van der Waals surface area contributed by atoms with Crippen molar-refractivity contribution in [2.75, 3.05) is 59.8 Å². The Kier molecular flexibility index (Phi) is 10.2. The topological polar surface area (TPSA) is 51.2 Å². The molecule has 2 aromatic carbocycles. The monoisotopic (exact) mass is 548 g/mol. The first kappa shape index (κ1) is 28.7. The SMILES string of the molecule is COCC1COCO1.O=C(c1cccc2ccccc12)N1CC[C@H](CN2CCC(C3=CC=CC(F)C=C3)CC2)C1. The molecule has 6 rings (SSSR count). The van der Waals surface area contributed by atoms with Crippen LogP contribution in [-0.2, 0) is 14.2 Å². The van der Waals surface area contributed by atoms with E-state index in [9.17, 15) is 9.18 Å². The van der Waals surface area contributed by atoms with Crippen LogP contribution >= 0.6 is 0 Å². The first-order valence-electron chi connectivity index (χ1n) is 14.5. The maximum Gasteiger partial charge on any atom is 0.254 e. The number of nitrogens with zero attached hydrogens (tertiary/aromatic N) is 2. The molecule has 0 aromatic heterocycles. The van der Waals surface area contributed by atoms with Crippen molar-refractivity contribution in [1.82, 2.24) is 9.80 Å². The summed E-state index contributed by atoms with van der Waals surface area (Å²) >= 11 is 0. The second-order valence-electron chi connectivity index (χ2n) is 11.1. The van der Waals surface area contributed by atoms with Gasteiger partial charge in [-0.1, -0.05) is 54.6 Å². The highest BCUT2D eigenvalue weighted by Gasteiger charge is 2.30. The van der Waals surface area contributed by atoms with E-state index in [-0.39, 0.29) is 12.0 Å². The molecule has 40 heavy (non-hydrogen) atoms. The number of alkyl halides is 1. The summed E-state index contributed by atoms with van der Waals surface area (Å²) in [4.78, 5) is 17.8. The molecule has 2 aromatic rings. The number of allylic oxidation sites excluding steroid dienone is 6. The zero-order chi connectivity index (χ0) is 27.7. The molecule has 0 saturated carbocycles. The molecule has 3 atom stereocenters. The van der Waals surface area contributed by atoms with Gasteiger partial charge in [0.2, 0.25) is 0 Å². The van der Waals surface area contributed by atoms with E-state index in [1.807, 2.05) is 47.4 Å². The predicted octanol–water partition coefficient (Wildman–Crippen LogP) is 5.41. The molecule has 0 radical (unpaired) electrons. The van der Waals surface area contributed by atoms with Gasteiger partial charge in [-0.3, -0.25) is 4.79 Å². The number of benzene rings is 2. The zero-order valence-corrected chi connectivity index (χ0v) is 23.4. The second-order valence-corrected chi connectivity index (χ2v) is 11.1. The fourth-order valence-corrected chi connectivity index (χ4v) is 6.08. The van der Waals surface area contributed by atoms with Gasteiger partial charge in [0.05, 0.1) is 13.2 Å². The summed E-state index contributed by atoms with van der Waals surface area (Å²) in [5.74, 6) is 1.22. The maximum atomic E-state index is 13.5. The third-order valence-corrected chi connectivity index (χ3v) is 8.27. The molecule has 0 N–H and O–H groups in total. The van der Waals surface area contributed by atoms with E-state index in [2.05, 4.69) is 23.1 Å². The van der Waals surface area contributed by atoms with Crippen LogP contribution in [0, 0.1) is 11.8 Å². The maximum absolute atomic E-state index is 13.5. The largest absolute Gasteiger partial charge is 0.382 e. The minimum absolute atomic E-state index is 0.161. The van der Waals surface area contributed by atoms with Crippen molar-refractivity contribution in [2.24, 2.45) is 11.8 Å². The smallest absolute Gasteiger partial charge is 0.254 e. The number of hydrogen-bond acceptors (Lipinski definition) is 5. The van der Waals surface area contributed by atoms with Crippen molar-refractivity contribution >= 4 is 16.7 Å². The van der Waals surface area contributed by atoms with Crippen LogP contribution in [0.1, 0.15) is 29.6 Å². The number of ether oxygens (including phenoxy) is 3. The Morgan fingerprint density at radius 1 is 1.05 bits per heavy atom. The molecule has 3 heterocycles. The van der Waals surface area contributed by atoms with Crippen LogP contribution in [-0.4, -0.2) is 87.8 Å². The fourth-order valence-electron chi connectivity index (χ4n) is 6.08. The summed E-state index contributed by atoms with van der Waals surface area (Å²) in [6.07, 6.45) is 11.7. The summed E-state index contributed by atoms with van der Waals surface area (Å²) in [5, 5.41) is 2.16. The average Bonchev–Trinajstić information content (AvgIpc) is 3.63. The number of carbonyl (C=O) groups excluding carboxylic acids is 1. The standard InChI is InChI=1S/C28H31FN2O.C5H10O3/c29-25-8-3-6-22(11-12-25)23-14-16-30(17-15-23)19-21-13-18-31(20-21)28(32)27-10-4-7-24-5-1-2-9-26(24)27;1-6-2-5-3-7-4-8-5/h1-12,21,23,25H,13-20H2;5H,2-4H2,1H3/t21-,25?;/m1./s1. The van der Waals surface area contributed by atoms with Gasteiger partial charge in [0.15, 0.2) is 0 Å².